The smallest absolute Gasteiger partial charge is 0.434 e. The molecule has 1 aromatic rings. The van der Waals surface area contributed by atoms with Crippen molar-refractivity contribution in [2.75, 3.05) is 0 Å². The fraction of sp³-hybridized carbons (Fsp3) is 0.679. The van der Waals surface area contributed by atoms with E-state index in [4.69, 9.17) is 28.4 Å². The van der Waals surface area contributed by atoms with Gasteiger partial charge in [0.1, 0.15) is 36.1 Å². The van der Waals surface area contributed by atoms with Gasteiger partial charge in [0, 0.05) is 45.1 Å². The molecule has 10 rings (SSSR count). The van der Waals surface area contributed by atoms with Crippen LogP contribution in [0.3, 0.4) is 0 Å². The number of esters is 7. The Balaban J connectivity index is 0.000000219. The van der Waals surface area contributed by atoms with Crippen LogP contribution >= 0.6 is 0 Å². The SMILES string of the molecule is C=C(C)C(=O)OC(C(C)C)C(C)C.C=C(C)C(=O)OC1(CC)CCCC1.C=C(C)C(=O)OC1C2CC3C1OC(=O)C3(C(=O)OC(C(F)(F)F)C(F)(F)F)C2.C=C(C)C(=O)OC1CC2CC1C1CCCC21.C=C(C)C(=O)OC1CC2CCC1(C)C2(C)C.C=Cc1ccc(C(C)(C)C)cc1. The summed E-state index contributed by atoms with van der Waals surface area (Å²) in [4.78, 5) is 82.0. The second-order valence-corrected chi connectivity index (χ2v) is 31.5. The lowest BCUT2D eigenvalue weighted by Crippen LogP contribution is -2.51. The van der Waals surface area contributed by atoms with Crippen molar-refractivity contribution in [3.05, 3.63) is 103 Å². The van der Waals surface area contributed by atoms with Gasteiger partial charge in [-0.3, -0.25) is 9.59 Å². The molecule has 0 radical (unpaired) electrons. The van der Waals surface area contributed by atoms with E-state index < -0.39 is 72.2 Å². The van der Waals surface area contributed by atoms with Crippen molar-refractivity contribution in [2.24, 2.45) is 69.5 Å². The number of hydrogen-bond donors (Lipinski definition) is 0. The quantitative estimate of drug-likeness (QED) is 0.0500. The molecule has 1 saturated heterocycles. The van der Waals surface area contributed by atoms with Crippen molar-refractivity contribution in [2.45, 2.75) is 267 Å². The van der Waals surface area contributed by atoms with E-state index in [-0.39, 0.29) is 70.6 Å². The van der Waals surface area contributed by atoms with Crippen molar-refractivity contribution in [3.8, 4) is 0 Å². The van der Waals surface area contributed by atoms with Gasteiger partial charge in [-0.2, -0.15) is 26.3 Å². The highest BCUT2D eigenvalue weighted by Crippen LogP contribution is 2.67. The molecule has 6 bridgehead atoms. The van der Waals surface area contributed by atoms with E-state index in [1.165, 1.54) is 69.4 Å². The van der Waals surface area contributed by atoms with Crippen molar-refractivity contribution in [1.29, 1.82) is 0 Å². The second kappa shape index (κ2) is 32.5. The monoisotopic (exact) mass is 1380 g/mol. The molecule has 13 atom stereocenters. The summed E-state index contributed by atoms with van der Waals surface area (Å²) >= 11 is 0. The Hall–Kier alpha value is -6.47. The maximum Gasteiger partial charge on any atom is 0.434 e. The highest BCUT2D eigenvalue weighted by molar-refractivity contribution is 6.03. The van der Waals surface area contributed by atoms with E-state index >= 15 is 0 Å². The third-order valence-electron chi connectivity index (χ3n) is 22.4. The van der Waals surface area contributed by atoms with Gasteiger partial charge in [0.05, 0.1) is 0 Å². The van der Waals surface area contributed by atoms with Crippen LogP contribution in [0.25, 0.3) is 6.08 Å². The Labute approximate surface area is 577 Å². The van der Waals surface area contributed by atoms with Crippen LogP contribution in [0.4, 0.5) is 26.3 Å². The number of benzene rings is 1. The zero-order valence-electron chi connectivity index (χ0n) is 60.9. The third kappa shape index (κ3) is 18.9. The van der Waals surface area contributed by atoms with Crippen molar-refractivity contribution in [3.63, 3.8) is 0 Å². The summed E-state index contributed by atoms with van der Waals surface area (Å²) in [7, 11) is 0. The molecule has 1 heterocycles. The summed E-state index contributed by atoms with van der Waals surface area (Å²) < 4.78 is 112. The molecule has 9 aliphatic rings. The second-order valence-electron chi connectivity index (χ2n) is 31.5. The number of carbonyl (C=O) groups excluding carboxylic acids is 7. The molecule has 0 spiro atoms. The average Bonchev–Trinajstić information content (AvgIpc) is 1.53. The maximum atomic E-state index is 12.7. The van der Waals surface area contributed by atoms with E-state index in [9.17, 15) is 59.9 Å². The lowest BCUT2D eigenvalue weighted by atomic mass is 9.70. The van der Waals surface area contributed by atoms with E-state index in [0.717, 1.165) is 49.9 Å². The molecule has 0 N–H and O–H groups in total. The summed E-state index contributed by atoms with van der Waals surface area (Å²) in [6.07, 6.45) is -1.06. The van der Waals surface area contributed by atoms with E-state index in [2.05, 4.69) is 145 Å². The van der Waals surface area contributed by atoms with Gasteiger partial charge in [-0.1, -0.05) is 152 Å². The van der Waals surface area contributed by atoms with Gasteiger partial charge in [-0.25, -0.2) is 24.0 Å². The van der Waals surface area contributed by atoms with Gasteiger partial charge in [-0.05, 0) is 188 Å². The molecule has 548 valence electrons. The van der Waals surface area contributed by atoms with Gasteiger partial charge < -0.3 is 33.2 Å². The van der Waals surface area contributed by atoms with Gasteiger partial charge in [0.2, 0.25) is 0 Å². The molecule has 8 aliphatic carbocycles. The van der Waals surface area contributed by atoms with Crippen LogP contribution in [-0.4, -0.2) is 96.4 Å². The lowest BCUT2D eigenvalue weighted by Gasteiger charge is -2.38. The summed E-state index contributed by atoms with van der Waals surface area (Å²) in [6, 6.07) is 8.54. The van der Waals surface area contributed by atoms with Crippen molar-refractivity contribution in [1.82, 2.24) is 0 Å². The molecule has 14 nitrogen and oxygen atoms in total. The highest BCUT2D eigenvalue weighted by Gasteiger charge is 2.77. The minimum Gasteiger partial charge on any atom is -0.459 e. The van der Waals surface area contributed by atoms with Crippen LogP contribution in [0.1, 0.15) is 218 Å². The fourth-order valence-corrected chi connectivity index (χ4v) is 16.3. The summed E-state index contributed by atoms with van der Waals surface area (Å²) in [5, 5.41) is 0. The molecule has 98 heavy (non-hydrogen) atoms. The van der Waals surface area contributed by atoms with Gasteiger partial charge in [-0.15, -0.1) is 0 Å². The molecule has 0 amide bonds. The predicted molar refractivity (Wildman–Crippen MR) is 363 cm³/mol. The fourth-order valence-electron chi connectivity index (χ4n) is 16.3. The summed E-state index contributed by atoms with van der Waals surface area (Å²) in [6.45, 7) is 53.6. The molecular formula is C78H110F6O14. The van der Waals surface area contributed by atoms with Gasteiger partial charge in [0.15, 0.2) is 5.41 Å². The van der Waals surface area contributed by atoms with Crippen LogP contribution in [-0.2, 0) is 72.1 Å². The zero-order valence-corrected chi connectivity index (χ0v) is 60.9. The van der Waals surface area contributed by atoms with Crippen molar-refractivity contribution >= 4 is 47.9 Å². The highest BCUT2D eigenvalue weighted by atomic mass is 19.4. The van der Waals surface area contributed by atoms with Crippen molar-refractivity contribution < 1.29 is 93.1 Å². The van der Waals surface area contributed by atoms with Crippen LogP contribution in [0, 0.1) is 69.5 Å². The summed E-state index contributed by atoms with van der Waals surface area (Å²) in [5.41, 5.74) is 2.87. The minimum absolute atomic E-state index is 0.0100. The van der Waals surface area contributed by atoms with Gasteiger partial charge in [0.25, 0.3) is 6.10 Å². The lowest BCUT2D eigenvalue weighted by molar-refractivity contribution is -0.315. The van der Waals surface area contributed by atoms with E-state index in [0.29, 0.717) is 51.4 Å². The standard InChI is InChI=1S/C16H14F6O6.C14H20O2.C14H22O2.C12H16.C11H18O2.C11H20O2/c1-5(2)10(23)26-8-6-3-7-9(8)27-12(24)14(7,4-6)13(25)28-11(15(17,18)19)16(20,21)22;1-8(2)14(15)16-13-7-9-6-12(13)11-5-3-4-10(9)11;1-9(2)12(15)16-11-8-10-6-7-14(11,5)13(10,3)4;1-5-10-6-8-11(9-7-10)12(2,3)4;1-4-11(7-5-6-8-11)13-10(12)9(2)3;1-7(2)10(8(3)4)13-11(12)9(5)6/h6-9,11H,1,3-4H2,2H3;9-13H,1,3-7H2,2H3;10-11H,1,6-8H2,2-5H3;5-9H,1H2,2-4H3;2,4-8H2,1,3H3;7-8,10H,5H2,1-4,6H3. The molecule has 8 saturated carbocycles. The third-order valence-corrected chi connectivity index (χ3v) is 22.4. The number of carbonyl (C=O) groups is 7. The Morgan fingerprint density at radius 3 is 1.58 bits per heavy atom. The number of halogens is 6. The summed E-state index contributed by atoms with van der Waals surface area (Å²) in [5.74, 6) is -1.86. The van der Waals surface area contributed by atoms with Crippen LogP contribution in [0.2, 0.25) is 0 Å². The molecule has 20 heteroatoms. The number of alkyl halides is 6. The van der Waals surface area contributed by atoms with Gasteiger partial charge >= 0.3 is 54.1 Å². The average molecular weight is 1390 g/mol. The number of rotatable bonds is 16. The predicted octanol–water partition coefficient (Wildman–Crippen LogP) is 18.0. The Morgan fingerprint density at radius 1 is 0.622 bits per heavy atom. The molecule has 9 fully saturated rings. The first-order valence-corrected chi connectivity index (χ1v) is 34.8. The molecule has 13 unspecified atom stereocenters. The Kier molecular flexibility index (Phi) is 27.2. The van der Waals surface area contributed by atoms with E-state index in [1.807, 2.05) is 6.08 Å². The Bertz CT molecular complexity index is 3100. The first kappa shape index (κ1) is 82.2. The molecule has 0 aromatic heterocycles. The number of fused-ring (bicyclic) bond motifs is 8. The zero-order chi connectivity index (χ0) is 74.3. The van der Waals surface area contributed by atoms with Crippen LogP contribution in [0.5, 0.6) is 0 Å². The molecular weight excluding hydrogens is 1270 g/mol. The normalized spacial score (nSPS) is 28.9. The first-order valence-electron chi connectivity index (χ1n) is 34.8. The minimum atomic E-state index is -5.90. The van der Waals surface area contributed by atoms with E-state index in [1.54, 1.807) is 27.7 Å². The first-order chi connectivity index (χ1) is 45.1. The van der Waals surface area contributed by atoms with Crippen LogP contribution in [0.15, 0.2) is 91.6 Å². The number of hydrogen-bond acceptors (Lipinski definition) is 14. The topological polar surface area (TPSA) is 184 Å². The Morgan fingerprint density at radius 2 is 1.13 bits per heavy atom. The largest absolute Gasteiger partial charge is 0.459 e. The molecule has 1 aromatic carbocycles. The number of ether oxygens (including phenoxy) is 7. The van der Waals surface area contributed by atoms with Crippen LogP contribution < -0.4 is 0 Å². The molecule has 1 aliphatic heterocycles. The maximum absolute atomic E-state index is 12.7.